The smallest absolute Gasteiger partial charge is 0.262 e. The number of ether oxygens (including phenoxy) is 1. The highest BCUT2D eigenvalue weighted by molar-refractivity contribution is 7.17. The summed E-state index contributed by atoms with van der Waals surface area (Å²) in [5.74, 6) is 0.499. The van der Waals surface area contributed by atoms with Gasteiger partial charge in [0.05, 0.1) is 18.5 Å². The Morgan fingerprint density at radius 3 is 2.71 bits per heavy atom. The Balaban J connectivity index is 2.20. The van der Waals surface area contributed by atoms with Crippen molar-refractivity contribution in [1.29, 1.82) is 0 Å². The highest BCUT2D eigenvalue weighted by Crippen LogP contribution is 2.31. The minimum Gasteiger partial charge on any atom is -0.383 e. The zero-order valence-corrected chi connectivity index (χ0v) is 14.5. The van der Waals surface area contributed by atoms with Gasteiger partial charge in [0.25, 0.3) is 5.56 Å². The van der Waals surface area contributed by atoms with Crippen LogP contribution >= 0.6 is 11.3 Å². The van der Waals surface area contributed by atoms with Gasteiger partial charge in [-0.2, -0.15) is 0 Å². The highest BCUT2D eigenvalue weighted by Gasteiger charge is 2.16. The average Bonchev–Trinajstić information content (AvgIpc) is 3.00. The maximum Gasteiger partial charge on any atom is 0.262 e. The summed E-state index contributed by atoms with van der Waals surface area (Å²) in [6.45, 7) is 3.00. The predicted molar refractivity (Wildman–Crippen MR) is 95.1 cm³/mol. The average molecular weight is 346 g/mol. The Labute approximate surface area is 143 Å². The molecule has 0 radical (unpaired) electrons. The van der Waals surface area contributed by atoms with Crippen LogP contribution in [-0.2, 0) is 17.7 Å². The fourth-order valence-electron chi connectivity index (χ4n) is 2.74. The van der Waals surface area contributed by atoms with Crippen LogP contribution < -0.4 is 5.56 Å². The number of benzene rings is 1. The van der Waals surface area contributed by atoms with Gasteiger partial charge in [-0.25, -0.2) is 9.37 Å². The maximum atomic E-state index is 13.2. The molecule has 0 saturated heterocycles. The van der Waals surface area contributed by atoms with E-state index in [1.54, 1.807) is 23.8 Å². The first-order valence-electron chi connectivity index (χ1n) is 7.91. The molecule has 0 aliphatic carbocycles. The Morgan fingerprint density at radius 1 is 1.29 bits per heavy atom. The molecule has 0 fully saturated rings. The van der Waals surface area contributed by atoms with E-state index < -0.39 is 0 Å². The van der Waals surface area contributed by atoms with Crippen LogP contribution in [0.1, 0.15) is 19.2 Å². The summed E-state index contributed by atoms with van der Waals surface area (Å²) in [5.41, 5.74) is 1.57. The third kappa shape index (κ3) is 3.12. The van der Waals surface area contributed by atoms with E-state index in [9.17, 15) is 9.18 Å². The van der Waals surface area contributed by atoms with E-state index in [1.165, 1.54) is 23.5 Å². The van der Waals surface area contributed by atoms with E-state index in [1.807, 2.05) is 5.38 Å². The number of rotatable bonds is 6. The molecule has 0 amide bonds. The Hall–Kier alpha value is -2.05. The van der Waals surface area contributed by atoms with E-state index in [2.05, 4.69) is 6.92 Å². The summed E-state index contributed by atoms with van der Waals surface area (Å²) in [7, 11) is 1.62. The van der Waals surface area contributed by atoms with Crippen molar-refractivity contribution in [3.8, 4) is 11.1 Å². The lowest BCUT2D eigenvalue weighted by Crippen LogP contribution is -2.27. The largest absolute Gasteiger partial charge is 0.383 e. The Morgan fingerprint density at radius 2 is 2.04 bits per heavy atom. The topological polar surface area (TPSA) is 44.1 Å². The number of nitrogens with zero attached hydrogens (tertiary/aromatic N) is 2. The first-order valence-corrected chi connectivity index (χ1v) is 8.79. The molecule has 0 N–H and O–H groups in total. The number of aryl methyl sites for hydroxylation is 1. The van der Waals surface area contributed by atoms with E-state index in [4.69, 9.17) is 9.72 Å². The van der Waals surface area contributed by atoms with E-state index in [0.29, 0.717) is 18.5 Å². The summed E-state index contributed by atoms with van der Waals surface area (Å²) in [4.78, 5) is 18.5. The normalized spacial score (nSPS) is 11.3. The van der Waals surface area contributed by atoms with Gasteiger partial charge in [-0.15, -0.1) is 11.3 Å². The fourth-order valence-corrected chi connectivity index (χ4v) is 3.69. The zero-order chi connectivity index (χ0) is 17.1. The molecular weight excluding hydrogens is 327 g/mol. The molecule has 3 rings (SSSR count). The molecule has 3 aromatic rings. The van der Waals surface area contributed by atoms with Crippen LogP contribution in [0.5, 0.6) is 0 Å². The minimum absolute atomic E-state index is 0.0546. The number of fused-ring (bicyclic) bond motifs is 1. The van der Waals surface area contributed by atoms with Gasteiger partial charge in [-0.3, -0.25) is 9.36 Å². The van der Waals surface area contributed by atoms with Gasteiger partial charge in [0.1, 0.15) is 16.5 Å². The van der Waals surface area contributed by atoms with Gasteiger partial charge in [0.2, 0.25) is 0 Å². The summed E-state index contributed by atoms with van der Waals surface area (Å²) >= 11 is 1.45. The molecule has 24 heavy (non-hydrogen) atoms. The summed E-state index contributed by atoms with van der Waals surface area (Å²) in [6.07, 6.45) is 1.67. The molecular formula is C18H19FN2O2S. The molecule has 126 valence electrons. The van der Waals surface area contributed by atoms with Crippen LogP contribution in [0.3, 0.4) is 0 Å². The second kappa shape index (κ2) is 7.23. The van der Waals surface area contributed by atoms with Gasteiger partial charge < -0.3 is 4.74 Å². The molecule has 0 unspecified atom stereocenters. The van der Waals surface area contributed by atoms with Gasteiger partial charge in [0, 0.05) is 24.5 Å². The molecule has 0 aliphatic heterocycles. The van der Waals surface area contributed by atoms with Crippen molar-refractivity contribution in [1.82, 2.24) is 9.55 Å². The van der Waals surface area contributed by atoms with Crippen LogP contribution in [-0.4, -0.2) is 23.3 Å². The minimum atomic E-state index is -0.292. The number of methoxy groups -OCH3 is 1. The molecule has 6 heteroatoms. The van der Waals surface area contributed by atoms with Crippen LogP contribution in [0.25, 0.3) is 21.3 Å². The highest BCUT2D eigenvalue weighted by atomic mass is 32.1. The van der Waals surface area contributed by atoms with E-state index in [0.717, 1.165) is 34.6 Å². The molecule has 0 spiro atoms. The third-order valence-electron chi connectivity index (χ3n) is 3.92. The van der Waals surface area contributed by atoms with Crippen molar-refractivity contribution in [2.24, 2.45) is 0 Å². The molecule has 0 bridgehead atoms. The van der Waals surface area contributed by atoms with Gasteiger partial charge >= 0.3 is 0 Å². The number of hydrogen-bond donors (Lipinski definition) is 0. The summed E-state index contributed by atoms with van der Waals surface area (Å²) < 4.78 is 20.0. The van der Waals surface area contributed by atoms with E-state index >= 15 is 0 Å². The standard InChI is InChI=1S/C18H19FN2O2S/c1-3-4-15-20-17-16(18(22)21(15)9-10-23-2)14(11-24-17)12-5-7-13(19)8-6-12/h5-8,11H,3-4,9-10H2,1-2H3. The lowest BCUT2D eigenvalue weighted by Gasteiger charge is -2.12. The molecule has 4 nitrogen and oxygen atoms in total. The summed E-state index contributed by atoms with van der Waals surface area (Å²) in [6, 6.07) is 6.19. The fraction of sp³-hybridized carbons (Fsp3) is 0.333. The molecule has 2 heterocycles. The predicted octanol–water partition coefficient (Wildman–Crippen LogP) is 3.86. The zero-order valence-electron chi connectivity index (χ0n) is 13.7. The van der Waals surface area contributed by atoms with Crippen molar-refractivity contribution in [3.63, 3.8) is 0 Å². The second-order valence-corrected chi connectivity index (χ2v) is 6.42. The van der Waals surface area contributed by atoms with Crippen molar-refractivity contribution in [2.75, 3.05) is 13.7 Å². The van der Waals surface area contributed by atoms with Crippen LogP contribution in [0.15, 0.2) is 34.4 Å². The number of halogens is 1. The van der Waals surface area contributed by atoms with Gasteiger partial charge in [-0.05, 0) is 24.1 Å². The summed E-state index contributed by atoms with van der Waals surface area (Å²) in [5, 5.41) is 2.52. The van der Waals surface area contributed by atoms with Gasteiger partial charge in [-0.1, -0.05) is 19.1 Å². The molecule has 0 saturated carbocycles. The first-order chi connectivity index (χ1) is 11.7. The monoisotopic (exact) mass is 346 g/mol. The van der Waals surface area contributed by atoms with Gasteiger partial charge in [0.15, 0.2) is 0 Å². The maximum absolute atomic E-state index is 13.2. The van der Waals surface area contributed by atoms with Crippen LogP contribution in [0.4, 0.5) is 4.39 Å². The second-order valence-electron chi connectivity index (χ2n) is 5.56. The molecule has 0 atom stereocenters. The number of hydrogen-bond acceptors (Lipinski definition) is 4. The lowest BCUT2D eigenvalue weighted by atomic mass is 10.1. The quantitative estimate of drug-likeness (QED) is 0.681. The third-order valence-corrected chi connectivity index (χ3v) is 4.79. The number of aromatic nitrogens is 2. The van der Waals surface area contributed by atoms with Crippen LogP contribution in [0, 0.1) is 5.82 Å². The van der Waals surface area contributed by atoms with Crippen molar-refractivity contribution < 1.29 is 9.13 Å². The molecule has 0 aliphatic rings. The van der Waals surface area contributed by atoms with Crippen molar-refractivity contribution >= 4 is 21.6 Å². The number of thiophene rings is 1. The van der Waals surface area contributed by atoms with Crippen LogP contribution in [0.2, 0.25) is 0 Å². The Kier molecular flexibility index (Phi) is 5.06. The van der Waals surface area contributed by atoms with Crippen molar-refractivity contribution in [2.45, 2.75) is 26.3 Å². The van der Waals surface area contributed by atoms with Crippen molar-refractivity contribution in [3.05, 3.63) is 51.6 Å². The Bertz CT molecular complexity index is 900. The first kappa shape index (κ1) is 16.8. The molecule has 2 aromatic heterocycles. The molecule has 1 aromatic carbocycles. The van der Waals surface area contributed by atoms with E-state index in [-0.39, 0.29) is 11.4 Å². The SMILES string of the molecule is CCCc1nc2scc(-c3ccc(F)cc3)c2c(=O)n1CCOC. The lowest BCUT2D eigenvalue weighted by molar-refractivity contribution is 0.185.